The first-order chi connectivity index (χ1) is 11.6. The van der Waals surface area contributed by atoms with E-state index in [1.54, 1.807) is 0 Å². The predicted molar refractivity (Wildman–Crippen MR) is 95.9 cm³/mol. The van der Waals surface area contributed by atoms with Crippen LogP contribution in [-0.4, -0.2) is 59.1 Å². The van der Waals surface area contributed by atoms with Gasteiger partial charge >= 0.3 is 0 Å². The fraction of sp³-hybridized carbons (Fsp3) is 0.650. The average Bonchev–Trinajstić information content (AvgIpc) is 3.03. The van der Waals surface area contributed by atoms with Crippen molar-refractivity contribution in [1.82, 2.24) is 9.80 Å². The van der Waals surface area contributed by atoms with E-state index in [-0.39, 0.29) is 12.0 Å². The monoisotopic (exact) mass is 330 g/mol. The third-order valence-electron chi connectivity index (χ3n) is 5.56. The van der Waals surface area contributed by atoms with Crippen LogP contribution in [0.1, 0.15) is 43.2 Å². The van der Waals surface area contributed by atoms with E-state index >= 15 is 0 Å². The molecule has 2 atom stereocenters. The minimum atomic E-state index is -0.165. The molecule has 0 bridgehead atoms. The second-order valence-electron chi connectivity index (χ2n) is 7.32. The number of hydrogen-bond donors (Lipinski definition) is 1. The van der Waals surface area contributed by atoms with E-state index < -0.39 is 0 Å². The topological polar surface area (TPSA) is 43.8 Å². The van der Waals surface area contributed by atoms with Gasteiger partial charge in [0.1, 0.15) is 0 Å². The van der Waals surface area contributed by atoms with Crippen LogP contribution in [0.25, 0.3) is 0 Å². The fourth-order valence-corrected chi connectivity index (χ4v) is 4.01. The fourth-order valence-electron chi connectivity index (χ4n) is 4.01. The molecule has 0 unspecified atom stereocenters. The molecule has 0 radical (unpaired) electrons. The molecule has 24 heavy (non-hydrogen) atoms. The Morgan fingerprint density at radius 3 is 2.46 bits per heavy atom. The smallest absolute Gasteiger partial charge is 0.222 e. The van der Waals surface area contributed by atoms with Gasteiger partial charge < -0.3 is 10.0 Å². The molecule has 2 fully saturated rings. The van der Waals surface area contributed by atoms with E-state index in [9.17, 15) is 9.90 Å². The molecule has 1 aliphatic heterocycles. The van der Waals surface area contributed by atoms with Crippen LogP contribution >= 0.6 is 0 Å². The highest BCUT2D eigenvalue weighted by Crippen LogP contribution is 2.25. The van der Waals surface area contributed by atoms with Crippen LogP contribution in [0, 0.1) is 6.92 Å². The number of piperazine rings is 1. The molecule has 0 aromatic heterocycles. The summed E-state index contributed by atoms with van der Waals surface area (Å²) in [7, 11) is 0. The first-order valence-electron chi connectivity index (χ1n) is 9.39. The van der Waals surface area contributed by atoms with E-state index in [1.807, 2.05) is 4.90 Å². The van der Waals surface area contributed by atoms with Gasteiger partial charge in [-0.2, -0.15) is 0 Å². The summed E-state index contributed by atoms with van der Waals surface area (Å²) < 4.78 is 0. The highest BCUT2D eigenvalue weighted by Gasteiger charge is 2.33. The molecule has 2 aliphatic rings. The first kappa shape index (κ1) is 17.4. The van der Waals surface area contributed by atoms with Crippen LogP contribution in [0.3, 0.4) is 0 Å². The molecule has 1 heterocycles. The van der Waals surface area contributed by atoms with E-state index in [2.05, 4.69) is 36.1 Å². The Balaban J connectivity index is 1.38. The maximum atomic E-state index is 12.4. The number of benzene rings is 1. The van der Waals surface area contributed by atoms with Gasteiger partial charge in [-0.05, 0) is 44.6 Å². The Hall–Kier alpha value is -1.39. The average molecular weight is 330 g/mol. The van der Waals surface area contributed by atoms with Crippen LogP contribution < -0.4 is 0 Å². The maximum absolute atomic E-state index is 12.4. The Morgan fingerprint density at radius 1 is 1.12 bits per heavy atom. The summed E-state index contributed by atoms with van der Waals surface area (Å²) in [5.74, 6) is 0.286. The van der Waals surface area contributed by atoms with Gasteiger partial charge in [0, 0.05) is 38.6 Å². The minimum absolute atomic E-state index is 0.165. The van der Waals surface area contributed by atoms with Crippen molar-refractivity contribution in [3.8, 4) is 0 Å². The van der Waals surface area contributed by atoms with Crippen molar-refractivity contribution in [2.24, 2.45) is 0 Å². The Bertz CT molecular complexity index is 535. The number of rotatable bonds is 5. The predicted octanol–water partition coefficient (Wildman–Crippen LogP) is 2.38. The Labute approximate surface area is 145 Å². The molecule has 4 nitrogen and oxygen atoms in total. The molecule has 1 saturated heterocycles. The maximum Gasteiger partial charge on any atom is 0.222 e. The number of aryl methyl sites for hydroxylation is 2. The summed E-state index contributed by atoms with van der Waals surface area (Å²) in [6.07, 6.45) is 5.53. The number of nitrogens with zero attached hydrogens (tertiary/aromatic N) is 2. The second kappa shape index (κ2) is 8.13. The third-order valence-corrected chi connectivity index (χ3v) is 5.56. The summed E-state index contributed by atoms with van der Waals surface area (Å²) in [4.78, 5) is 16.8. The van der Waals surface area contributed by atoms with Gasteiger partial charge in [0.25, 0.3) is 0 Å². The lowest BCUT2D eigenvalue weighted by atomic mass is 10.1. The van der Waals surface area contributed by atoms with Gasteiger partial charge in [-0.1, -0.05) is 29.8 Å². The number of hydrogen-bond acceptors (Lipinski definition) is 3. The lowest BCUT2D eigenvalue weighted by Crippen LogP contribution is -2.53. The molecule has 1 N–H and O–H groups in total. The van der Waals surface area contributed by atoms with Gasteiger partial charge in [-0.3, -0.25) is 9.69 Å². The summed E-state index contributed by atoms with van der Waals surface area (Å²) in [6, 6.07) is 8.90. The molecule has 1 amide bonds. The molecule has 132 valence electrons. The van der Waals surface area contributed by atoms with Crippen LogP contribution in [0.5, 0.6) is 0 Å². The van der Waals surface area contributed by atoms with Crippen molar-refractivity contribution in [2.75, 3.05) is 26.2 Å². The third kappa shape index (κ3) is 4.37. The molecular formula is C20H30N2O2. The highest BCUT2D eigenvalue weighted by atomic mass is 16.3. The van der Waals surface area contributed by atoms with Crippen LogP contribution in [-0.2, 0) is 11.2 Å². The van der Waals surface area contributed by atoms with E-state index in [4.69, 9.17) is 0 Å². The second-order valence-corrected chi connectivity index (χ2v) is 7.32. The number of carbonyl (C=O) groups excluding carboxylic acids is 1. The molecule has 4 heteroatoms. The van der Waals surface area contributed by atoms with E-state index in [1.165, 1.54) is 11.1 Å². The van der Waals surface area contributed by atoms with Crippen molar-refractivity contribution < 1.29 is 9.90 Å². The standard InChI is InChI=1S/C20H30N2O2/c1-16-8-10-17(11-9-16)4-2-7-20(24)22-14-12-21(13-15-22)18-5-3-6-19(18)23/h8-11,18-19,23H,2-7,12-15H2,1H3/t18-,19-/m0/s1. The summed E-state index contributed by atoms with van der Waals surface area (Å²) >= 11 is 0. The van der Waals surface area contributed by atoms with Gasteiger partial charge in [0.15, 0.2) is 0 Å². The van der Waals surface area contributed by atoms with Crippen molar-refractivity contribution >= 4 is 5.91 Å². The molecule has 1 saturated carbocycles. The number of carbonyl (C=O) groups is 1. The lowest BCUT2D eigenvalue weighted by molar-refractivity contribution is -0.133. The first-order valence-corrected chi connectivity index (χ1v) is 9.39. The zero-order valence-electron chi connectivity index (χ0n) is 14.8. The van der Waals surface area contributed by atoms with Crippen LogP contribution in [0.4, 0.5) is 0 Å². The number of amides is 1. The summed E-state index contributed by atoms with van der Waals surface area (Å²) in [5, 5.41) is 10.0. The molecular weight excluding hydrogens is 300 g/mol. The molecule has 1 aromatic rings. The lowest BCUT2D eigenvalue weighted by Gasteiger charge is -2.39. The Kier molecular flexibility index (Phi) is 5.90. The zero-order valence-corrected chi connectivity index (χ0v) is 14.8. The largest absolute Gasteiger partial charge is 0.391 e. The van der Waals surface area contributed by atoms with Crippen molar-refractivity contribution in [3.05, 3.63) is 35.4 Å². The van der Waals surface area contributed by atoms with E-state index in [0.29, 0.717) is 12.5 Å². The van der Waals surface area contributed by atoms with Gasteiger partial charge in [0.05, 0.1) is 6.10 Å². The van der Waals surface area contributed by atoms with Gasteiger partial charge in [-0.15, -0.1) is 0 Å². The van der Waals surface area contributed by atoms with Gasteiger partial charge in [0.2, 0.25) is 5.91 Å². The SMILES string of the molecule is Cc1ccc(CCCC(=O)N2CCN([C@H]3CCC[C@@H]3O)CC2)cc1. The van der Waals surface area contributed by atoms with E-state index in [0.717, 1.165) is 58.3 Å². The number of aliphatic hydroxyl groups is 1. The van der Waals surface area contributed by atoms with Crippen molar-refractivity contribution in [2.45, 2.75) is 57.6 Å². The molecule has 0 spiro atoms. The molecule has 3 rings (SSSR count). The quantitative estimate of drug-likeness (QED) is 0.901. The normalized spacial score (nSPS) is 25.2. The van der Waals surface area contributed by atoms with Gasteiger partial charge in [-0.25, -0.2) is 0 Å². The Morgan fingerprint density at radius 2 is 1.83 bits per heavy atom. The highest BCUT2D eigenvalue weighted by molar-refractivity contribution is 5.76. The summed E-state index contributed by atoms with van der Waals surface area (Å²) in [5.41, 5.74) is 2.59. The molecule has 1 aromatic carbocycles. The van der Waals surface area contributed by atoms with Crippen LogP contribution in [0.2, 0.25) is 0 Å². The minimum Gasteiger partial charge on any atom is -0.391 e. The zero-order chi connectivity index (χ0) is 16.9. The number of aliphatic hydroxyl groups excluding tert-OH is 1. The van der Waals surface area contributed by atoms with Crippen molar-refractivity contribution in [3.63, 3.8) is 0 Å². The molecule has 1 aliphatic carbocycles. The van der Waals surface area contributed by atoms with Crippen LogP contribution in [0.15, 0.2) is 24.3 Å². The van der Waals surface area contributed by atoms with Crippen molar-refractivity contribution in [1.29, 1.82) is 0 Å². The summed E-state index contributed by atoms with van der Waals surface area (Å²) in [6.45, 7) is 5.54.